The average molecular weight is 298 g/mol. The predicted molar refractivity (Wildman–Crippen MR) is 73.0 cm³/mol. The number of aliphatic carboxylic acids is 1. The topological polar surface area (TPSA) is 113 Å². The SMILES string of the molecule is O=C(O)CNC(=O)CNS(=O)(=O)/C=C/c1ccccc1. The van der Waals surface area contributed by atoms with Crippen molar-refractivity contribution >= 4 is 28.0 Å². The van der Waals surface area contributed by atoms with Crippen LogP contribution in [0.15, 0.2) is 35.7 Å². The van der Waals surface area contributed by atoms with E-state index in [1.165, 1.54) is 6.08 Å². The average Bonchev–Trinajstić information content (AvgIpc) is 2.42. The second kappa shape index (κ2) is 7.41. The van der Waals surface area contributed by atoms with Gasteiger partial charge in [-0.25, -0.2) is 13.1 Å². The summed E-state index contributed by atoms with van der Waals surface area (Å²) in [6.07, 6.45) is 1.39. The summed E-state index contributed by atoms with van der Waals surface area (Å²) in [4.78, 5) is 21.3. The van der Waals surface area contributed by atoms with Crippen LogP contribution in [-0.2, 0) is 19.6 Å². The van der Waals surface area contributed by atoms with Crippen LogP contribution in [0.3, 0.4) is 0 Å². The van der Waals surface area contributed by atoms with Crippen LogP contribution in [0.25, 0.3) is 6.08 Å². The number of benzene rings is 1. The summed E-state index contributed by atoms with van der Waals surface area (Å²) >= 11 is 0. The summed E-state index contributed by atoms with van der Waals surface area (Å²) in [6, 6.07) is 8.78. The van der Waals surface area contributed by atoms with E-state index in [4.69, 9.17) is 5.11 Å². The molecule has 0 unspecified atom stereocenters. The number of rotatable bonds is 7. The fourth-order valence-corrected chi connectivity index (χ4v) is 1.95. The van der Waals surface area contributed by atoms with Crippen molar-refractivity contribution in [2.75, 3.05) is 13.1 Å². The Kier molecular flexibility index (Phi) is 5.88. The Morgan fingerprint density at radius 3 is 2.40 bits per heavy atom. The molecule has 0 atom stereocenters. The number of nitrogens with one attached hydrogen (secondary N) is 2. The molecule has 0 heterocycles. The summed E-state index contributed by atoms with van der Waals surface area (Å²) in [5.41, 5.74) is 0.702. The van der Waals surface area contributed by atoms with E-state index in [2.05, 4.69) is 0 Å². The highest BCUT2D eigenvalue weighted by molar-refractivity contribution is 7.92. The fraction of sp³-hybridized carbons (Fsp3) is 0.167. The first-order chi connectivity index (χ1) is 9.39. The van der Waals surface area contributed by atoms with Gasteiger partial charge in [-0.2, -0.15) is 0 Å². The van der Waals surface area contributed by atoms with Crippen LogP contribution < -0.4 is 10.0 Å². The Morgan fingerprint density at radius 2 is 1.80 bits per heavy atom. The molecule has 1 aromatic carbocycles. The molecule has 0 saturated carbocycles. The molecule has 0 aromatic heterocycles. The van der Waals surface area contributed by atoms with Crippen molar-refractivity contribution in [3.8, 4) is 0 Å². The summed E-state index contributed by atoms with van der Waals surface area (Å²) < 4.78 is 25.1. The second-order valence-electron chi connectivity index (χ2n) is 3.75. The maximum Gasteiger partial charge on any atom is 0.322 e. The molecule has 20 heavy (non-hydrogen) atoms. The largest absolute Gasteiger partial charge is 0.480 e. The van der Waals surface area contributed by atoms with Gasteiger partial charge in [-0.1, -0.05) is 30.3 Å². The molecule has 8 heteroatoms. The molecule has 0 bridgehead atoms. The van der Waals surface area contributed by atoms with Crippen LogP contribution in [0.2, 0.25) is 0 Å². The van der Waals surface area contributed by atoms with Gasteiger partial charge in [-0.05, 0) is 11.6 Å². The lowest BCUT2D eigenvalue weighted by molar-refractivity contribution is -0.137. The second-order valence-corrected chi connectivity index (χ2v) is 5.40. The van der Waals surface area contributed by atoms with E-state index in [0.29, 0.717) is 5.56 Å². The van der Waals surface area contributed by atoms with Crippen LogP contribution >= 0.6 is 0 Å². The number of carbonyl (C=O) groups excluding carboxylic acids is 1. The molecule has 0 aliphatic rings. The highest BCUT2D eigenvalue weighted by Crippen LogP contribution is 2.02. The zero-order chi connectivity index (χ0) is 15.0. The molecule has 108 valence electrons. The van der Waals surface area contributed by atoms with Gasteiger partial charge in [0.1, 0.15) is 6.54 Å². The number of hydrogen-bond acceptors (Lipinski definition) is 4. The van der Waals surface area contributed by atoms with Gasteiger partial charge in [0, 0.05) is 5.41 Å². The van der Waals surface area contributed by atoms with Gasteiger partial charge in [0.15, 0.2) is 0 Å². The molecule has 1 rings (SSSR count). The molecule has 0 aliphatic heterocycles. The van der Waals surface area contributed by atoms with Gasteiger partial charge in [-0.15, -0.1) is 0 Å². The van der Waals surface area contributed by atoms with E-state index in [0.717, 1.165) is 5.41 Å². The Bertz CT molecular complexity index is 596. The first-order valence-electron chi connectivity index (χ1n) is 5.60. The number of carboxylic acid groups (broad SMARTS) is 1. The minimum absolute atomic E-state index is 0.519. The highest BCUT2D eigenvalue weighted by Gasteiger charge is 2.09. The molecule has 0 aliphatic carbocycles. The Balaban J connectivity index is 2.48. The number of sulfonamides is 1. The zero-order valence-corrected chi connectivity index (χ0v) is 11.3. The maximum atomic E-state index is 11.6. The van der Waals surface area contributed by atoms with E-state index in [9.17, 15) is 18.0 Å². The van der Waals surface area contributed by atoms with Crippen LogP contribution in [0, 0.1) is 0 Å². The summed E-state index contributed by atoms with van der Waals surface area (Å²) in [5, 5.41) is 11.3. The molecule has 3 N–H and O–H groups in total. The highest BCUT2D eigenvalue weighted by atomic mass is 32.2. The van der Waals surface area contributed by atoms with Gasteiger partial charge in [0.05, 0.1) is 6.54 Å². The van der Waals surface area contributed by atoms with Crippen LogP contribution in [0.5, 0.6) is 0 Å². The van der Waals surface area contributed by atoms with Crippen molar-refractivity contribution in [1.29, 1.82) is 0 Å². The van der Waals surface area contributed by atoms with Crippen molar-refractivity contribution in [2.24, 2.45) is 0 Å². The summed E-state index contributed by atoms with van der Waals surface area (Å²) in [7, 11) is -3.75. The minimum atomic E-state index is -3.75. The normalized spacial score (nSPS) is 11.4. The van der Waals surface area contributed by atoms with Gasteiger partial charge in [0.2, 0.25) is 15.9 Å². The summed E-state index contributed by atoms with van der Waals surface area (Å²) in [6.45, 7) is -1.07. The molecular formula is C12H14N2O5S. The van der Waals surface area contributed by atoms with Crippen molar-refractivity contribution in [3.63, 3.8) is 0 Å². The molecule has 0 saturated heterocycles. The molecule has 0 fully saturated rings. The number of carbonyl (C=O) groups is 2. The third-order valence-electron chi connectivity index (χ3n) is 2.11. The van der Waals surface area contributed by atoms with E-state index < -0.39 is 35.0 Å². The molecule has 7 nitrogen and oxygen atoms in total. The molecular weight excluding hydrogens is 284 g/mol. The Morgan fingerprint density at radius 1 is 1.15 bits per heavy atom. The van der Waals surface area contributed by atoms with Crippen LogP contribution in [0.4, 0.5) is 0 Å². The first kappa shape index (κ1) is 15.9. The van der Waals surface area contributed by atoms with Crippen molar-refractivity contribution in [1.82, 2.24) is 10.0 Å². The van der Waals surface area contributed by atoms with Crippen LogP contribution in [-0.4, -0.2) is 38.5 Å². The number of carboxylic acids is 1. The quantitative estimate of drug-likeness (QED) is 0.644. The smallest absolute Gasteiger partial charge is 0.322 e. The molecule has 0 radical (unpaired) electrons. The lowest BCUT2D eigenvalue weighted by Crippen LogP contribution is -2.38. The molecule has 1 aromatic rings. The lowest BCUT2D eigenvalue weighted by atomic mass is 10.2. The maximum absolute atomic E-state index is 11.6. The van der Waals surface area contributed by atoms with Crippen molar-refractivity contribution in [3.05, 3.63) is 41.3 Å². The van der Waals surface area contributed by atoms with E-state index in [1.807, 2.05) is 10.0 Å². The van der Waals surface area contributed by atoms with E-state index in [1.54, 1.807) is 30.3 Å². The Labute approximate surface area is 116 Å². The first-order valence-corrected chi connectivity index (χ1v) is 7.15. The minimum Gasteiger partial charge on any atom is -0.480 e. The monoisotopic (exact) mass is 298 g/mol. The van der Waals surface area contributed by atoms with Crippen molar-refractivity contribution in [2.45, 2.75) is 0 Å². The van der Waals surface area contributed by atoms with Gasteiger partial charge in [0.25, 0.3) is 0 Å². The van der Waals surface area contributed by atoms with Gasteiger partial charge < -0.3 is 10.4 Å². The lowest BCUT2D eigenvalue weighted by Gasteiger charge is -2.03. The molecule has 0 spiro atoms. The number of amides is 1. The zero-order valence-electron chi connectivity index (χ0n) is 10.4. The molecule has 1 amide bonds. The summed E-state index contributed by atoms with van der Waals surface area (Å²) in [5.74, 6) is -1.92. The van der Waals surface area contributed by atoms with E-state index in [-0.39, 0.29) is 0 Å². The van der Waals surface area contributed by atoms with E-state index >= 15 is 0 Å². The predicted octanol–water partition coefficient (Wildman–Crippen LogP) is -0.222. The fourth-order valence-electron chi connectivity index (χ4n) is 1.18. The van der Waals surface area contributed by atoms with Gasteiger partial charge in [-0.3, -0.25) is 9.59 Å². The standard InChI is InChI=1S/C12H14N2O5S/c15-11(13-9-12(16)17)8-14-20(18,19)7-6-10-4-2-1-3-5-10/h1-7,14H,8-9H2,(H,13,15)(H,16,17)/b7-6+. The third kappa shape index (κ3) is 6.66. The number of hydrogen-bond donors (Lipinski definition) is 3. The van der Waals surface area contributed by atoms with Crippen LogP contribution in [0.1, 0.15) is 5.56 Å². The third-order valence-corrected chi connectivity index (χ3v) is 3.15. The van der Waals surface area contributed by atoms with Gasteiger partial charge >= 0.3 is 5.97 Å². The van der Waals surface area contributed by atoms with Crippen molar-refractivity contribution < 1.29 is 23.1 Å². The Hall–Kier alpha value is -2.19.